The maximum absolute atomic E-state index is 13.3. The second kappa shape index (κ2) is 10.4. The molecule has 0 bridgehead atoms. The normalized spacial score (nSPS) is 17.9. The Hall–Kier alpha value is -0.960. The molecule has 2 rings (SSSR count). The quantitative estimate of drug-likeness (QED) is 0.706. The number of carbonyl (C=O) groups is 1. The van der Waals surface area contributed by atoms with Gasteiger partial charge in [0.2, 0.25) is 5.91 Å². The number of piperazine rings is 1. The molecule has 1 aliphatic rings. The zero-order chi connectivity index (χ0) is 18.4. The van der Waals surface area contributed by atoms with Gasteiger partial charge in [-0.1, -0.05) is 17.7 Å². The fourth-order valence-corrected chi connectivity index (χ4v) is 3.55. The second-order valence-electron chi connectivity index (χ2n) is 6.16. The van der Waals surface area contributed by atoms with Gasteiger partial charge in [0.15, 0.2) is 0 Å². The lowest BCUT2D eigenvalue weighted by atomic mass is 10.2. The molecule has 1 amide bonds. The van der Waals surface area contributed by atoms with Crippen LogP contribution in [0.3, 0.4) is 0 Å². The minimum Gasteiger partial charge on any atom is -0.353 e. The predicted octanol–water partition coefficient (Wildman–Crippen LogP) is 2.85. The molecule has 1 aromatic rings. The Morgan fingerprint density at radius 1 is 1.27 bits per heavy atom. The largest absolute Gasteiger partial charge is 0.405 e. The monoisotopic (exact) mass is 411 g/mol. The Kier molecular flexibility index (Phi) is 9.23. The average molecular weight is 412 g/mol. The summed E-state index contributed by atoms with van der Waals surface area (Å²) in [5.74, 6) is -0.380. The predicted molar refractivity (Wildman–Crippen MR) is 101 cm³/mol. The summed E-state index contributed by atoms with van der Waals surface area (Å²) >= 11 is 1.34. The highest BCUT2D eigenvalue weighted by atomic mass is 35.5. The first-order valence-corrected chi connectivity index (χ1v) is 9.18. The zero-order valence-electron chi connectivity index (χ0n) is 14.8. The number of hydrogen-bond donors (Lipinski definition) is 2. The van der Waals surface area contributed by atoms with Gasteiger partial charge in [0.05, 0.1) is 5.25 Å². The van der Waals surface area contributed by atoms with Gasteiger partial charge in [0.1, 0.15) is 6.04 Å². The average Bonchev–Trinajstić information content (AvgIpc) is 2.56. The van der Waals surface area contributed by atoms with Gasteiger partial charge in [-0.15, -0.1) is 24.2 Å². The first-order valence-electron chi connectivity index (χ1n) is 8.30. The molecule has 26 heavy (non-hydrogen) atoms. The molecule has 1 fully saturated rings. The fraction of sp³-hybridized carbons (Fsp3) is 0.588. The lowest BCUT2D eigenvalue weighted by molar-refractivity contribution is -0.184. The van der Waals surface area contributed by atoms with E-state index in [0.29, 0.717) is 26.2 Å². The number of benzene rings is 1. The minimum absolute atomic E-state index is 0. The van der Waals surface area contributed by atoms with E-state index >= 15 is 0 Å². The fourth-order valence-electron chi connectivity index (χ4n) is 2.66. The van der Waals surface area contributed by atoms with Crippen molar-refractivity contribution < 1.29 is 18.0 Å². The van der Waals surface area contributed by atoms with Gasteiger partial charge < -0.3 is 10.6 Å². The molecule has 1 aliphatic heterocycles. The third-order valence-electron chi connectivity index (χ3n) is 4.14. The molecular weight excluding hydrogens is 387 g/mol. The Morgan fingerprint density at radius 3 is 2.38 bits per heavy atom. The highest BCUT2D eigenvalue weighted by Crippen LogP contribution is 2.26. The van der Waals surface area contributed by atoms with E-state index in [4.69, 9.17) is 0 Å². The summed E-state index contributed by atoms with van der Waals surface area (Å²) in [5.41, 5.74) is 1.12. The molecule has 0 aromatic heterocycles. The highest BCUT2D eigenvalue weighted by Gasteiger charge is 2.43. The van der Waals surface area contributed by atoms with Gasteiger partial charge in [-0.2, -0.15) is 13.2 Å². The number of nitrogens with one attached hydrogen (secondary N) is 2. The number of hydrogen-bond acceptors (Lipinski definition) is 4. The molecule has 0 aliphatic carbocycles. The molecule has 9 heteroatoms. The maximum Gasteiger partial charge on any atom is 0.405 e. The van der Waals surface area contributed by atoms with Crippen molar-refractivity contribution in [2.75, 3.05) is 32.7 Å². The Balaban J connectivity index is 0.00000338. The van der Waals surface area contributed by atoms with Crippen molar-refractivity contribution in [1.82, 2.24) is 15.5 Å². The second-order valence-corrected chi connectivity index (χ2v) is 7.58. The van der Waals surface area contributed by atoms with E-state index in [-0.39, 0.29) is 18.3 Å². The summed E-state index contributed by atoms with van der Waals surface area (Å²) in [6, 6.07) is 6.05. The Labute approximate surface area is 162 Å². The molecule has 2 N–H and O–H groups in total. The molecule has 2 atom stereocenters. The van der Waals surface area contributed by atoms with Crippen LogP contribution >= 0.6 is 24.2 Å². The molecular formula is C17H25ClF3N3OS. The van der Waals surface area contributed by atoms with E-state index in [1.165, 1.54) is 16.7 Å². The summed E-state index contributed by atoms with van der Waals surface area (Å²) < 4.78 is 40.0. The summed E-state index contributed by atoms with van der Waals surface area (Å²) in [7, 11) is 0. The van der Waals surface area contributed by atoms with E-state index in [2.05, 4.69) is 10.6 Å². The molecule has 1 aromatic carbocycles. The third-order valence-corrected chi connectivity index (χ3v) is 5.25. The standard InChI is InChI=1S/C17H24F3N3OS.ClH/c1-12-3-5-14(6-4-12)25-13(2)16(24)22-11-15(17(18,19)20)23-9-7-21-8-10-23;/h3-6,13,15,21H,7-11H2,1-2H3,(H,22,24);1H. The summed E-state index contributed by atoms with van der Waals surface area (Å²) in [6.07, 6.45) is -4.36. The smallest absolute Gasteiger partial charge is 0.353 e. The lowest BCUT2D eigenvalue weighted by Gasteiger charge is -2.36. The van der Waals surface area contributed by atoms with E-state index in [0.717, 1.165) is 10.5 Å². The van der Waals surface area contributed by atoms with Crippen LogP contribution in [0.4, 0.5) is 13.2 Å². The molecule has 0 radical (unpaired) electrons. The number of alkyl halides is 3. The molecule has 0 saturated carbocycles. The molecule has 1 saturated heterocycles. The Morgan fingerprint density at radius 2 is 1.85 bits per heavy atom. The van der Waals surface area contributed by atoms with Crippen LogP contribution in [0, 0.1) is 6.92 Å². The van der Waals surface area contributed by atoms with Crippen LogP contribution in [0.5, 0.6) is 0 Å². The molecule has 0 spiro atoms. The van der Waals surface area contributed by atoms with Crippen molar-refractivity contribution in [3.8, 4) is 0 Å². The van der Waals surface area contributed by atoms with Crippen LogP contribution in [0.1, 0.15) is 12.5 Å². The van der Waals surface area contributed by atoms with Crippen LogP contribution in [0.25, 0.3) is 0 Å². The van der Waals surface area contributed by atoms with Gasteiger partial charge >= 0.3 is 6.18 Å². The van der Waals surface area contributed by atoms with Crippen molar-refractivity contribution in [2.24, 2.45) is 0 Å². The molecule has 4 nitrogen and oxygen atoms in total. The van der Waals surface area contributed by atoms with Crippen LogP contribution in [0.2, 0.25) is 0 Å². The number of rotatable bonds is 6. The summed E-state index contributed by atoms with van der Waals surface area (Å²) in [5, 5.41) is 5.05. The van der Waals surface area contributed by atoms with Crippen molar-refractivity contribution in [3.63, 3.8) is 0 Å². The third kappa shape index (κ3) is 6.98. The van der Waals surface area contributed by atoms with Crippen molar-refractivity contribution >= 4 is 30.1 Å². The van der Waals surface area contributed by atoms with Gasteiger partial charge in [-0.3, -0.25) is 9.69 Å². The van der Waals surface area contributed by atoms with E-state index in [1.54, 1.807) is 6.92 Å². The highest BCUT2D eigenvalue weighted by molar-refractivity contribution is 8.00. The van der Waals surface area contributed by atoms with Crippen LogP contribution < -0.4 is 10.6 Å². The number of aryl methyl sites for hydroxylation is 1. The number of thioether (sulfide) groups is 1. The van der Waals surface area contributed by atoms with Crippen molar-refractivity contribution in [3.05, 3.63) is 29.8 Å². The summed E-state index contributed by atoms with van der Waals surface area (Å²) in [4.78, 5) is 14.5. The number of halogens is 4. The molecule has 148 valence electrons. The van der Waals surface area contributed by atoms with Crippen LogP contribution in [-0.4, -0.2) is 61.0 Å². The van der Waals surface area contributed by atoms with Crippen molar-refractivity contribution in [2.45, 2.75) is 36.2 Å². The van der Waals surface area contributed by atoms with E-state index < -0.39 is 24.0 Å². The van der Waals surface area contributed by atoms with Gasteiger partial charge in [-0.05, 0) is 26.0 Å². The summed E-state index contributed by atoms with van der Waals surface area (Å²) in [6.45, 7) is 4.97. The first-order chi connectivity index (χ1) is 11.8. The number of amides is 1. The number of carbonyl (C=O) groups excluding carboxylic acids is 1. The van der Waals surface area contributed by atoms with E-state index in [1.807, 2.05) is 31.2 Å². The van der Waals surface area contributed by atoms with Crippen LogP contribution in [-0.2, 0) is 4.79 Å². The topological polar surface area (TPSA) is 44.4 Å². The Bertz CT molecular complexity index is 565. The van der Waals surface area contributed by atoms with E-state index in [9.17, 15) is 18.0 Å². The number of nitrogens with zero attached hydrogens (tertiary/aromatic N) is 1. The molecule has 2 unspecified atom stereocenters. The molecule has 1 heterocycles. The zero-order valence-corrected chi connectivity index (χ0v) is 16.4. The van der Waals surface area contributed by atoms with Crippen molar-refractivity contribution in [1.29, 1.82) is 0 Å². The van der Waals surface area contributed by atoms with Crippen LogP contribution in [0.15, 0.2) is 29.2 Å². The SMILES string of the molecule is Cc1ccc(SC(C)C(=O)NCC(N2CCNCC2)C(F)(F)F)cc1.Cl. The van der Waals surface area contributed by atoms with Gasteiger partial charge in [-0.25, -0.2) is 0 Å². The minimum atomic E-state index is -4.36. The first kappa shape index (κ1) is 23.1. The van der Waals surface area contributed by atoms with Gasteiger partial charge in [0, 0.05) is 37.6 Å². The maximum atomic E-state index is 13.3. The van der Waals surface area contributed by atoms with Gasteiger partial charge in [0.25, 0.3) is 0 Å². The lowest BCUT2D eigenvalue weighted by Crippen LogP contribution is -2.57.